The molecule has 7 atom stereocenters. The lowest BCUT2D eigenvalue weighted by molar-refractivity contribution is -0.128. The topological polar surface area (TPSA) is 100 Å². The normalized spacial score (nSPS) is 28.4. The number of hydrogen-bond acceptors (Lipinski definition) is 5. The first-order valence-corrected chi connectivity index (χ1v) is 13.0. The SMILES string of the molecule is CCn1cc(-c2ccc(C[C@@H](C#N)NC(=O)[C@@H]3[C@@H]4C[C@@H](C5[C@H]4[C@@H]5C)N3C(=O)OC(C)(C)C)c(F)c2)cn1. The number of benzene rings is 1. The van der Waals surface area contributed by atoms with Crippen molar-refractivity contribution in [1.29, 1.82) is 5.26 Å². The van der Waals surface area contributed by atoms with E-state index < -0.39 is 29.6 Å². The number of piperidine rings is 1. The Morgan fingerprint density at radius 1 is 1.30 bits per heavy atom. The third-order valence-electron chi connectivity index (χ3n) is 8.15. The second-order valence-corrected chi connectivity index (χ2v) is 11.6. The lowest BCUT2D eigenvalue weighted by Gasteiger charge is -2.35. The highest BCUT2D eigenvalue weighted by molar-refractivity contribution is 5.88. The summed E-state index contributed by atoms with van der Waals surface area (Å²) in [6.45, 7) is 10.3. The second-order valence-electron chi connectivity index (χ2n) is 11.6. The van der Waals surface area contributed by atoms with Gasteiger partial charge in [0.05, 0.1) is 12.3 Å². The van der Waals surface area contributed by atoms with E-state index in [4.69, 9.17) is 4.74 Å². The summed E-state index contributed by atoms with van der Waals surface area (Å²) in [7, 11) is 0. The molecule has 3 fully saturated rings. The molecule has 8 nitrogen and oxygen atoms in total. The Balaban J connectivity index is 1.30. The molecular weight excluding hydrogens is 473 g/mol. The summed E-state index contributed by atoms with van der Waals surface area (Å²) in [5, 5.41) is 16.8. The molecule has 3 aliphatic rings. The maximum absolute atomic E-state index is 15.0. The van der Waals surface area contributed by atoms with Crippen LogP contribution in [0, 0.1) is 40.8 Å². The Bertz CT molecular complexity index is 1260. The largest absolute Gasteiger partial charge is 0.444 e. The summed E-state index contributed by atoms with van der Waals surface area (Å²) in [4.78, 5) is 28.2. The number of nitrogens with one attached hydrogen (secondary N) is 1. The van der Waals surface area contributed by atoms with Crippen LogP contribution in [0.4, 0.5) is 9.18 Å². The molecule has 1 aromatic heterocycles. The van der Waals surface area contributed by atoms with E-state index in [0.29, 0.717) is 28.9 Å². The van der Waals surface area contributed by atoms with Crippen LogP contribution >= 0.6 is 0 Å². The van der Waals surface area contributed by atoms with E-state index in [1.807, 2.05) is 13.1 Å². The first-order chi connectivity index (χ1) is 17.5. The van der Waals surface area contributed by atoms with Crippen molar-refractivity contribution in [2.24, 2.45) is 23.7 Å². The molecule has 2 amide bonds. The minimum absolute atomic E-state index is 0.0156. The summed E-state index contributed by atoms with van der Waals surface area (Å²) < 4.78 is 22.4. The molecule has 1 N–H and O–H groups in total. The van der Waals surface area contributed by atoms with Crippen LogP contribution in [0.15, 0.2) is 30.6 Å². The molecule has 1 aromatic carbocycles. The average Bonchev–Trinajstić information content (AvgIpc) is 3.24. The van der Waals surface area contributed by atoms with Gasteiger partial charge in [0, 0.05) is 30.8 Å². The molecule has 5 rings (SSSR count). The van der Waals surface area contributed by atoms with Crippen molar-refractivity contribution in [2.45, 2.75) is 77.7 Å². The maximum atomic E-state index is 15.0. The number of likely N-dealkylation sites (tertiary alicyclic amines) is 1. The van der Waals surface area contributed by atoms with Crippen LogP contribution in [0.1, 0.15) is 46.6 Å². The maximum Gasteiger partial charge on any atom is 0.411 e. The smallest absolute Gasteiger partial charge is 0.411 e. The van der Waals surface area contributed by atoms with Crippen LogP contribution in [0.25, 0.3) is 11.1 Å². The molecule has 2 aliphatic carbocycles. The monoisotopic (exact) mass is 507 g/mol. The Hall–Kier alpha value is -3.41. The summed E-state index contributed by atoms with van der Waals surface area (Å²) in [5.74, 6) is 0.535. The Labute approximate surface area is 216 Å². The Morgan fingerprint density at radius 3 is 2.68 bits per heavy atom. The van der Waals surface area contributed by atoms with Gasteiger partial charge in [-0.2, -0.15) is 10.4 Å². The quantitative estimate of drug-likeness (QED) is 0.633. The number of nitrogens with zero attached hydrogens (tertiary/aromatic N) is 4. The molecule has 37 heavy (non-hydrogen) atoms. The summed E-state index contributed by atoms with van der Waals surface area (Å²) >= 11 is 0. The number of aryl methyl sites for hydroxylation is 1. The third-order valence-corrected chi connectivity index (χ3v) is 8.15. The zero-order chi connectivity index (χ0) is 26.6. The molecular formula is C28H34FN5O3. The van der Waals surface area contributed by atoms with Gasteiger partial charge in [-0.05, 0) is 75.0 Å². The van der Waals surface area contributed by atoms with Gasteiger partial charge in [0.25, 0.3) is 0 Å². The van der Waals surface area contributed by atoms with Crippen molar-refractivity contribution < 1.29 is 18.7 Å². The van der Waals surface area contributed by atoms with E-state index in [0.717, 1.165) is 18.5 Å². The minimum Gasteiger partial charge on any atom is -0.444 e. The van der Waals surface area contributed by atoms with Gasteiger partial charge >= 0.3 is 6.09 Å². The first kappa shape index (κ1) is 25.2. The fourth-order valence-electron chi connectivity index (χ4n) is 6.52. The van der Waals surface area contributed by atoms with Gasteiger partial charge in [0.15, 0.2) is 0 Å². The fourth-order valence-corrected chi connectivity index (χ4v) is 6.52. The first-order valence-electron chi connectivity index (χ1n) is 13.0. The number of fused-ring (bicyclic) bond motifs is 5. The van der Waals surface area contributed by atoms with E-state index in [1.54, 1.807) is 48.7 Å². The van der Waals surface area contributed by atoms with Gasteiger partial charge in [0.1, 0.15) is 23.5 Å². The predicted molar refractivity (Wildman–Crippen MR) is 134 cm³/mol. The van der Waals surface area contributed by atoms with Gasteiger partial charge in [-0.3, -0.25) is 14.4 Å². The number of rotatable bonds is 6. The van der Waals surface area contributed by atoms with Crippen LogP contribution in [0.2, 0.25) is 0 Å². The van der Waals surface area contributed by atoms with Crippen LogP contribution in [0.3, 0.4) is 0 Å². The summed E-state index contributed by atoms with van der Waals surface area (Å²) in [5.41, 5.74) is 1.17. The van der Waals surface area contributed by atoms with Crippen LogP contribution in [0.5, 0.6) is 0 Å². The van der Waals surface area contributed by atoms with E-state index in [2.05, 4.69) is 23.4 Å². The number of ether oxygens (including phenoxy) is 1. The number of amides is 2. The lowest BCUT2D eigenvalue weighted by atomic mass is 9.94. The Morgan fingerprint density at radius 2 is 2.05 bits per heavy atom. The number of aromatic nitrogens is 2. The van der Waals surface area contributed by atoms with Crippen LogP contribution in [-0.4, -0.2) is 50.4 Å². The predicted octanol–water partition coefficient (Wildman–Crippen LogP) is 4.15. The minimum atomic E-state index is -0.928. The lowest BCUT2D eigenvalue weighted by Crippen LogP contribution is -2.56. The molecule has 0 spiro atoms. The number of nitriles is 1. The molecule has 1 saturated heterocycles. The van der Waals surface area contributed by atoms with Gasteiger partial charge in [-0.15, -0.1) is 0 Å². The number of halogens is 1. The standard InChI is InChI=1S/C28H34FN5O3/c1-6-33-14-18(13-31-33)16-7-8-17(21(29)10-16)9-19(12-30)32-26(35)25-20-11-22(24-15(2)23(20)24)34(25)27(36)37-28(3,4)5/h7-8,10,13-15,19-20,22-25H,6,9,11H2,1-5H3,(H,32,35)/t15-,19-,20+,22-,23-,24?,25-/m0/s1. The molecule has 2 bridgehead atoms. The van der Waals surface area contributed by atoms with Gasteiger partial charge in [-0.1, -0.05) is 19.1 Å². The van der Waals surface area contributed by atoms with Crippen molar-refractivity contribution in [3.05, 3.63) is 42.0 Å². The fraction of sp³-hybridized carbons (Fsp3) is 0.571. The summed E-state index contributed by atoms with van der Waals surface area (Å²) in [6, 6.07) is 5.34. The number of carbonyl (C=O) groups excluding carboxylic acids is 2. The molecule has 2 saturated carbocycles. The summed E-state index contributed by atoms with van der Waals surface area (Å²) in [6.07, 6.45) is 3.85. The average molecular weight is 508 g/mol. The van der Waals surface area contributed by atoms with Crippen LogP contribution in [-0.2, 0) is 22.5 Å². The van der Waals surface area contributed by atoms with E-state index in [9.17, 15) is 19.2 Å². The van der Waals surface area contributed by atoms with Gasteiger partial charge in [-0.25, -0.2) is 9.18 Å². The Kier molecular flexibility index (Phi) is 6.25. The number of hydrogen-bond donors (Lipinski definition) is 1. The molecule has 2 heterocycles. The second kappa shape index (κ2) is 9.16. The molecule has 1 aliphatic heterocycles. The molecule has 0 radical (unpaired) electrons. The van der Waals surface area contributed by atoms with Crippen molar-refractivity contribution >= 4 is 12.0 Å². The third kappa shape index (κ3) is 4.58. The van der Waals surface area contributed by atoms with E-state index in [1.165, 1.54) is 6.07 Å². The molecule has 1 unspecified atom stereocenters. The molecule has 2 aromatic rings. The van der Waals surface area contributed by atoms with Gasteiger partial charge < -0.3 is 10.1 Å². The van der Waals surface area contributed by atoms with Gasteiger partial charge in [0.2, 0.25) is 5.91 Å². The zero-order valence-electron chi connectivity index (χ0n) is 21.9. The van der Waals surface area contributed by atoms with E-state index in [-0.39, 0.29) is 24.3 Å². The van der Waals surface area contributed by atoms with Crippen LogP contribution < -0.4 is 5.32 Å². The molecule has 9 heteroatoms. The molecule has 196 valence electrons. The highest BCUT2D eigenvalue weighted by Gasteiger charge is 2.71. The van der Waals surface area contributed by atoms with E-state index >= 15 is 0 Å². The highest BCUT2D eigenvalue weighted by Crippen LogP contribution is 2.67. The highest BCUT2D eigenvalue weighted by atomic mass is 19.1. The zero-order valence-corrected chi connectivity index (χ0v) is 21.9. The van der Waals surface area contributed by atoms with Crippen molar-refractivity contribution in [3.8, 4) is 17.2 Å². The van der Waals surface area contributed by atoms with Crippen molar-refractivity contribution in [3.63, 3.8) is 0 Å². The number of carbonyl (C=O) groups is 2. The van der Waals surface area contributed by atoms with Crippen molar-refractivity contribution in [2.75, 3.05) is 0 Å². The van der Waals surface area contributed by atoms with Crippen molar-refractivity contribution in [1.82, 2.24) is 20.0 Å².